The van der Waals surface area contributed by atoms with Gasteiger partial charge in [-0.15, -0.1) is 0 Å². The molecule has 1 aliphatic rings. The van der Waals surface area contributed by atoms with Crippen LogP contribution in [0.1, 0.15) is 47.2 Å². The minimum atomic E-state index is -3.51. The number of carbonyl (C=O) groups is 1. The van der Waals surface area contributed by atoms with Crippen molar-refractivity contribution in [3.63, 3.8) is 0 Å². The van der Waals surface area contributed by atoms with Crippen LogP contribution in [0.5, 0.6) is 0 Å². The van der Waals surface area contributed by atoms with Gasteiger partial charge >= 0.3 is 0 Å². The highest BCUT2D eigenvalue weighted by Crippen LogP contribution is 2.22. The zero-order valence-corrected chi connectivity index (χ0v) is 18.3. The van der Waals surface area contributed by atoms with E-state index in [1.54, 1.807) is 11.0 Å². The fraction of sp³-hybridized carbons (Fsp3) is 0.409. The SMILES string of the molecule is Cc1cc(C(=O)N2CCN(S(=O)(=O)/C=C/c3ccccc3)CC2)c(C)n1C(C)C. The van der Waals surface area contributed by atoms with Gasteiger partial charge in [-0.25, -0.2) is 8.42 Å². The molecule has 1 aromatic carbocycles. The molecule has 0 N–H and O–H groups in total. The number of hydrogen-bond donors (Lipinski definition) is 0. The second kappa shape index (κ2) is 8.55. The minimum absolute atomic E-state index is 0.0260. The van der Waals surface area contributed by atoms with E-state index in [-0.39, 0.29) is 11.9 Å². The summed E-state index contributed by atoms with van der Waals surface area (Å²) in [5.41, 5.74) is 3.57. The molecule has 6 nitrogen and oxygen atoms in total. The Morgan fingerprint density at radius 2 is 1.66 bits per heavy atom. The molecule has 156 valence electrons. The van der Waals surface area contributed by atoms with Crippen LogP contribution in [0.2, 0.25) is 0 Å². The van der Waals surface area contributed by atoms with Gasteiger partial charge in [0.15, 0.2) is 0 Å². The molecule has 0 bridgehead atoms. The second-order valence-corrected chi connectivity index (χ2v) is 9.52. The number of carbonyl (C=O) groups excluding carboxylic acids is 1. The third-order valence-corrected chi connectivity index (χ3v) is 6.91. The lowest BCUT2D eigenvalue weighted by Gasteiger charge is -2.33. The van der Waals surface area contributed by atoms with Crippen molar-refractivity contribution in [2.45, 2.75) is 33.7 Å². The molecule has 1 fully saturated rings. The third kappa shape index (κ3) is 4.62. The quantitative estimate of drug-likeness (QED) is 0.751. The summed E-state index contributed by atoms with van der Waals surface area (Å²) in [6.07, 6.45) is 1.60. The van der Waals surface area contributed by atoms with Crippen LogP contribution in [0.15, 0.2) is 41.8 Å². The predicted octanol–water partition coefficient (Wildman–Crippen LogP) is 3.44. The van der Waals surface area contributed by atoms with Crippen LogP contribution in [0.25, 0.3) is 6.08 Å². The Morgan fingerprint density at radius 3 is 2.21 bits per heavy atom. The van der Waals surface area contributed by atoms with Crippen LogP contribution < -0.4 is 0 Å². The highest BCUT2D eigenvalue weighted by atomic mass is 32.2. The molecule has 1 aromatic heterocycles. The molecule has 0 atom stereocenters. The molecule has 2 aromatic rings. The van der Waals surface area contributed by atoms with E-state index in [4.69, 9.17) is 0 Å². The zero-order valence-electron chi connectivity index (χ0n) is 17.5. The molecule has 1 aliphatic heterocycles. The van der Waals surface area contributed by atoms with Crippen LogP contribution in [0, 0.1) is 13.8 Å². The van der Waals surface area contributed by atoms with Gasteiger partial charge in [0.1, 0.15) is 0 Å². The standard InChI is InChI=1S/C22H29N3O3S/c1-17(2)25-18(3)16-21(19(25)4)22(26)23-11-13-24(14-12-23)29(27,28)15-10-20-8-6-5-7-9-20/h5-10,15-17H,11-14H2,1-4H3/b15-10+. The van der Waals surface area contributed by atoms with Crippen molar-refractivity contribution in [1.82, 2.24) is 13.8 Å². The van der Waals surface area contributed by atoms with E-state index in [9.17, 15) is 13.2 Å². The number of sulfonamides is 1. The van der Waals surface area contributed by atoms with E-state index in [0.717, 1.165) is 17.0 Å². The maximum atomic E-state index is 13.0. The van der Waals surface area contributed by atoms with Crippen molar-refractivity contribution in [3.05, 3.63) is 64.3 Å². The molecule has 3 rings (SSSR count). The highest BCUT2D eigenvalue weighted by Gasteiger charge is 2.29. The first kappa shape index (κ1) is 21.3. The fourth-order valence-corrected chi connectivity index (χ4v) is 5.09. The van der Waals surface area contributed by atoms with Gasteiger partial charge in [0.05, 0.1) is 5.56 Å². The Bertz CT molecular complexity index is 999. The zero-order chi connectivity index (χ0) is 21.2. The van der Waals surface area contributed by atoms with E-state index < -0.39 is 10.0 Å². The van der Waals surface area contributed by atoms with Gasteiger partial charge in [-0.05, 0) is 45.4 Å². The average molecular weight is 416 g/mol. The van der Waals surface area contributed by atoms with Crippen LogP contribution >= 0.6 is 0 Å². The van der Waals surface area contributed by atoms with E-state index in [1.807, 2.05) is 50.2 Å². The molecule has 0 aliphatic carbocycles. The van der Waals surface area contributed by atoms with Gasteiger partial charge in [-0.1, -0.05) is 30.3 Å². The first-order chi connectivity index (χ1) is 13.7. The van der Waals surface area contributed by atoms with Crippen molar-refractivity contribution in [1.29, 1.82) is 0 Å². The average Bonchev–Trinajstić information content (AvgIpc) is 3.01. The molecule has 1 amide bonds. The molecule has 0 unspecified atom stereocenters. The summed E-state index contributed by atoms with van der Waals surface area (Å²) in [5.74, 6) is -0.0260. The Labute approximate surface area is 173 Å². The summed E-state index contributed by atoms with van der Waals surface area (Å²) in [4.78, 5) is 14.8. The van der Waals surface area contributed by atoms with Crippen molar-refractivity contribution in [2.24, 2.45) is 0 Å². The Hall–Kier alpha value is -2.38. The number of piperazine rings is 1. The number of aromatic nitrogens is 1. The van der Waals surface area contributed by atoms with Crippen molar-refractivity contribution in [2.75, 3.05) is 26.2 Å². The molecular formula is C22H29N3O3S. The summed E-state index contributed by atoms with van der Waals surface area (Å²) in [7, 11) is -3.51. The largest absolute Gasteiger partial charge is 0.346 e. The molecule has 2 heterocycles. The lowest BCUT2D eigenvalue weighted by Crippen LogP contribution is -2.50. The summed E-state index contributed by atoms with van der Waals surface area (Å²) in [5, 5.41) is 1.25. The van der Waals surface area contributed by atoms with Crippen molar-refractivity contribution >= 4 is 22.0 Å². The van der Waals surface area contributed by atoms with E-state index in [2.05, 4.69) is 18.4 Å². The summed E-state index contributed by atoms with van der Waals surface area (Å²) in [6.45, 7) is 9.56. The van der Waals surface area contributed by atoms with Crippen molar-refractivity contribution < 1.29 is 13.2 Å². The van der Waals surface area contributed by atoms with Gasteiger partial charge in [0.25, 0.3) is 5.91 Å². The third-order valence-electron chi connectivity index (χ3n) is 5.35. The minimum Gasteiger partial charge on any atom is -0.346 e. The Morgan fingerprint density at radius 1 is 1.03 bits per heavy atom. The molecule has 0 saturated carbocycles. The number of amides is 1. The van der Waals surface area contributed by atoms with Gasteiger partial charge in [-0.2, -0.15) is 4.31 Å². The Kier molecular flexibility index (Phi) is 6.29. The number of nitrogens with zero attached hydrogens (tertiary/aromatic N) is 3. The topological polar surface area (TPSA) is 62.6 Å². The van der Waals surface area contributed by atoms with Gasteiger partial charge in [-0.3, -0.25) is 4.79 Å². The predicted molar refractivity (Wildman–Crippen MR) is 116 cm³/mol. The second-order valence-electron chi connectivity index (χ2n) is 7.70. The lowest BCUT2D eigenvalue weighted by molar-refractivity contribution is 0.0697. The van der Waals surface area contributed by atoms with E-state index in [1.165, 1.54) is 9.71 Å². The highest BCUT2D eigenvalue weighted by molar-refractivity contribution is 7.92. The number of aryl methyl sites for hydroxylation is 1. The monoisotopic (exact) mass is 415 g/mol. The maximum absolute atomic E-state index is 13.0. The smallest absolute Gasteiger partial charge is 0.255 e. The molecular weight excluding hydrogens is 386 g/mol. The van der Waals surface area contributed by atoms with Gasteiger partial charge in [0, 0.05) is 49.0 Å². The van der Waals surface area contributed by atoms with Gasteiger partial charge < -0.3 is 9.47 Å². The van der Waals surface area contributed by atoms with Crippen LogP contribution in [0.3, 0.4) is 0 Å². The number of benzene rings is 1. The maximum Gasteiger partial charge on any atom is 0.255 e. The van der Waals surface area contributed by atoms with E-state index in [0.29, 0.717) is 31.7 Å². The summed E-state index contributed by atoms with van der Waals surface area (Å²) < 4.78 is 28.8. The van der Waals surface area contributed by atoms with Crippen molar-refractivity contribution in [3.8, 4) is 0 Å². The first-order valence-electron chi connectivity index (χ1n) is 9.91. The summed E-state index contributed by atoms with van der Waals surface area (Å²) >= 11 is 0. The Balaban J connectivity index is 1.67. The first-order valence-corrected chi connectivity index (χ1v) is 11.4. The molecule has 1 saturated heterocycles. The summed E-state index contributed by atoms with van der Waals surface area (Å²) in [6, 6.07) is 11.6. The molecule has 0 spiro atoms. The van der Waals surface area contributed by atoms with Crippen LogP contribution in [-0.4, -0.2) is 54.3 Å². The number of rotatable bonds is 5. The normalized spacial score (nSPS) is 16.1. The fourth-order valence-electron chi connectivity index (χ4n) is 3.92. The molecule has 29 heavy (non-hydrogen) atoms. The van der Waals surface area contributed by atoms with Gasteiger partial charge in [0.2, 0.25) is 10.0 Å². The van der Waals surface area contributed by atoms with Crippen LogP contribution in [-0.2, 0) is 10.0 Å². The number of hydrogen-bond acceptors (Lipinski definition) is 3. The molecule has 7 heteroatoms. The van der Waals surface area contributed by atoms with E-state index >= 15 is 0 Å². The lowest BCUT2D eigenvalue weighted by atomic mass is 10.2. The van der Waals surface area contributed by atoms with Crippen LogP contribution in [0.4, 0.5) is 0 Å². The molecule has 0 radical (unpaired) electrons.